The fraction of sp³-hybridized carbons (Fsp3) is 0.867. The van der Waals surface area contributed by atoms with Gasteiger partial charge in [-0.3, -0.25) is 0 Å². The molecule has 0 aromatic rings. The van der Waals surface area contributed by atoms with E-state index >= 15 is 0 Å². The zero-order valence-electron chi connectivity index (χ0n) is 12.5. The highest BCUT2D eigenvalue weighted by Gasteiger charge is 2.28. The summed E-state index contributed by atoms with van der Waals surface area (Å²) in [7, 11) is 0. The second-order valence-electron chi connectivity index (χ2n) is 6.00. The zero-order valence-corrected chi connectivity index (χ0v) is 12.5. The molecule has 0 aliphatic rings. The quantitative estimate of drug-likeness (QED) is 0.501. The van der Waals surface area contributed by atoms with Crippen LogP contribution in [0.25, 0.3) is 0 Å². The molecule has 1 heteroatoms. The van der Waals surface area contributed by atoms with Crippen LogP contribution < -0.4 is 0 Å². The number of rotatable bonds is 7. The molecule has 0 spiro atoms. The molecule has 0 saturated carbocycles. The number of hydrogen-bond donors (Lipinski definition) is 0. The van der Waals surface area contributed by atoms with Crippen molar-refractivity contribution >= 4 is 6.71 Å². The van der Waals surface area contributed by atoms with Gasteiger partial charge in [0.05, 0.1) is 0 Å². The van der Waals surface area contributed by atoms with Crippen molar-refractivity contribution in [3.05, 3.63) is 12.1 Å². The second kappa shape index (κ2) is 7.98. The Labute approximate surface area is 104 Å². The van der Waals surface area contributed by atoms with Gasteiger partial charge in [-0.25, -0.2) is 0 Å². The summed E-state index contributed by atoms with van der Waals surface area (Å²) >= 11 is 0. The number of hydrogen-bond acceptors (Lipinski definition) is 0. The molecular formula is C15H31B. The van der Waals surface area contributed by atoms with Crippen molar-refractivity contribution in [2.75, 3.05) is 0 Å². The predicted octanol–water partition coefficient (Wildman–Crippen LogP) is 5.47. The number of unbranched alkanes of at least 4 members (excludes halogenated alkanes) is 1. The highest BCUT2D eigenvalue weighted by atomic mass is 14.1. The molecule has 0 aromatic heterocycles. The molecule has 0 aliphatic carbocycles. The van der Waals surface area contributed by atoms with Gasteiger partial charge in [0.2, 0.25) is 0 Å². The molecule has 0 aliphatic heterocycles. The zero-order chi connectivity index (χ0) is 12.7. The fourth-order valence-electron chi connectivity index (χ4n) is 2.14. The van der Waals surface area contributed by atoms with Gasteiger partial charge in [-0.2, -0.15) is 0 Å². The lowest BCUT2D eigenvalue weighted by molar-refractivity contribution is 0.566. The van der Waals surface area contributed by atoms with Crippen molar-refractivity contribution in [2.24, 2.45) is 11.8 Å². The summed E-state index contributed by atoms with van der Waals surface area (Å²) < 4.78 is 0. The first kappa shape index (κ1) is 15.8. The minimum atomic E-state index is 0.742. The molecule has 0 nitrogen and oxygen atoms in total. The average molecular weight is 222 g/mol. The van der Waals surface area contributed by atoms with Crippen molar-refractivity contribution < 1.29 is 0 Å². The molecule has 2 atom stereocenters. The largest absolute Gasteiger partial charge is 0.172 e. The van der Waals surface area contributed by atoms with Gasteiger partial charge in [0.15, 0.2) is 6.71 Å². The lowest BCUT2D eigenvalue weighted by Crippen LogP contribution is -2.28. The lowest BCUT2D eigenvalue weighted by Gasteiger charge is -2.29. The maximum atomic E-state index is 2.48. The van der Waals surface area contributed by atoms with Gasteiger partial charge in [-0.1, -0.05) is 84.4 Å². The Morgan fingerprint density at radius 1 is 0.875 bits per heavy atom. The predicted molar refractivity (Wildman–Crippen MR) is 78.3 cm³/mol. The molecule has 0 aromatic carbocycles. The Morgan fingerprint density at radius 3 is 1.62 bits per heavy atom. The molecule has 0 bridgehead atoms. The van der Waals surface area contributed by atoms with Gasteiger partial charge in [-0.05, 0) is 6.42 Å². The SMILES string of the molecule is CCC/C=C/B(C(C)C(C)C)C(C)C(C)C. The molecule has 0 radical (unpaired) electrons. The van der Waals surface area contributed by atoms with Gasteiger partial charge in [0.1, 0.15) is 0 Å². The van der Waals surface area contributed by atoms with Gasteiger partial charge < -0.3 is 0 Å². The van der Waals surface area contributed by atoms with Crippen molar-refractivity contribution in [3.8, 4) is 0 Å². The van der Waals surface area contributed by atoms with E-state index in [4.69, 9.17) is 0 Å². The van der Waals surface area contributed by atoms with Crippen LogP contribution in [0.1, 0.15) is 61.3 Å². The van der Waals surface area contributed by atoms with E-state index in [1.165, 1.54) is 12.8 Å². The van der Waals surface area contributed by atoms with E-state index < -0.39 is 0 Å². The first-order chi connectivity index (χ1) is 7.41. The van der Waals surface area contributed by atoms with Crippen LogP contribution in [0.2, 0.25) is 11.6 Å². The Hall–Kier alpha value is -0.195. The topological polar surface area (TPSA) is 0 Å². The minimum Gasteiger partial charge on any atom is -0.118 e. The number of allylic oxidation sites excluding steroid dienone is 1. The van der Waals surface area contributed by atoms with E-state index in [2.05, 4.69) is 60.5 Å². The first-order valence-electron chi connectivity index (χ1n) is 7.08. The molecular weight excluding hydrogens is 191 g/mol. The van der Waals surface area contributed by atoms with E-state index in [0.29, 0.717) is 0 Å². The Kier molecular flexibility index (Phi) is 7.88. The summed E-state index contributed by atoms with van der Waals surface area (Å²) in [6, 6.07) is 0. The summed E-state index contributed by atoms with van der Waals surface area (Å²) in [5.41, 5.74) is 0. The second-order valence-corrected chi connectivity index (χ2v) is 6.00. The normalized spacial score (nSPS) is 16.1. The van der Waals surface area contributed by atoms with E-state index in [1.807, 2.05) is 0 Å². The first-order valence-corrected chi connectivity index (χ1v) is 7.08. The summed E-state index contributed by atoms with van der Waals surface area (Å²) in [6.45, 7) is 17.2. The smallest absolute Gasteiger partial charge is 0.118 e. The van der Waals surface area contributed by atoms with E-state index in [0.717, 1.165) is 30.2 Å². The minimum absolute atomic E-state index is 0.742. The lowest BCUT2D eigenvalue weighted by atomic mass is 9.31. The molecule has 94 valence electrons. The molecule has 0 rings (SSSR count). The molecule has 0 N–H and O–H groups in total. The third-order valence-corrected chi connectivity index (χ3v) is 4.13. The summed E-state index contributed by atoms with van der Waals surface area (Å²) in [6.07, 6.45) is 4.88. The maximum Gasteiger partial charge on any atom is 0.172 e. The molecule has 0 heterocycles. The van der Waals surface area contributed by atoms with Gasteiger partial charge in [0.25, 0.3) is 0 Å². The van der Waals surface area contributed by atoms with Gasteiger partial charge >= 0.3 is 0 Å². The monoisotopic (exact) mass is 222 g/mol. The van der Waals surface area contributed by atoms with Crippen LogP contribution in [-0.4, -0.2) is 6.71 Å². The van der Waals surface area contributed by atoms with Crippen molar-refractivity contribution in [3.63, 3.8) is 0 Å². The third kappa shape index (κ3) is 5.23. The molecule has 16 heavy (non-hydrogen) atoms. The Morgan fingerprint density at radius 2 is 1.31 bits per heavy atom. The van der Waals surface area contributed by atoms with Crippen LogP contribution in [0.4, 0.5) is 0 Å². The molecule has 0 fully saturated rings. The van der Waals surface area contributed by atoms with Gasteiger partial charge in [-0.15, -0.1) is 5.98 Å². The van der Waals surface area contributed by atoms with Crippen molar-refractivity contribution in [2.45, 2.75) is 72.9 Å². The Balaban J connectivity index is 4.62. The molecule has 0 amide bonds. The fourth-order valence-corrected chi connectivity index (χ4v) is 2.14. The standard InChI is InChI=1S/C15H31B/c1-8-9-10-11-16(14(6)12(2)3)15(7)13(4)5/h10-15H,8-9H2,1-7H3/b11-10+. The summed E-state index contributed by atoms with van der Waals surface area (Å²) in [4.78, 5) is 0. The van der Waals surface area contributed by atoms with Crippen molar-refractivity contribution in [1.29, 1.82) is 0 Å². The average Bonchev–Trinajstić information content (AvgIpc) is 2.22. The highest BCUT2D eigenvalue weighted by Crippen LogP contribution is 2.33. The third-order valence-electron chi connectivity index (χ3n) is 4.13. The van der Waals surface area contributed by atoms with E-state index in [1.54, 1.807) is 0 Å². The van der Waals surface area contributed by atoms with Crippen LogP contribution in [0.3, 0.4) is 0 Å². The van der Waals surface area contributed by atoms with Crippen LogP contribution in [0, 0.1) is 11.8 Å². The molecule has 2 unspecified atom stereocenters. The van der Waals surface area contributed by atoms with Crippen LogP contribution in [0.5, 0.6) is 0 Å². The van der Waals surface area contributed by atoms with Crippen LogP contribution >= 0.6 is 0 Å². The molecule has 0 saturated heterocycles. The van der Waals surface area contributed by atoms with Gasteiger partial charge in [0, 0.05) is 0 Å². The maximum absolute atomic E-state index is 2.48. The van der Waals surface area contributed by atoms with Crippen LogP contribution in [-0.2, 0) is 0 Å². The van der Waals surface area contributed by atoms with E-state index in [-0.39, 0.29) is 0 Å². The highest BCUT2D eigenvalue weighted by molar-refractivity contribution is 6.67. The van der Waals surface area contributed by atoms with E-state index in [9.17, 15) is 0 Å². The Bertz CT molecular complexity index is 180. The summed E-state index contributed by atoms with van der Waals surface area (Å²) in [5, 5.41) is 0. The van der Waals surface area contributed by atoms with Crippen molar-refractivity contribution in [1.82, 2.24) is 0 Å². The summed E-state index contributed by atoms with van der Waals surface area (Å²) in [5.74, 6) is 5.60. The van der Waals surface area contributed by atoms with Crippen LogP contribution in [0.15, 0.2) is 12.1 Å².